The van der Waals surface area contributed by atoms with Crippen molar-refractivity contribution in [2.75, 3.05) is 47.1 Å². The van der Waals surface area contributed by atoms with Gasteiger partial charge in [0.1, 0.15) is 0 Å². The standard InChI is InChI=1S/C16H34N2O2/c1-14(2)15-6-5-7-16(12-15,13-17)18(8-10-19-3)9-11-20-4/h14-15H,5-13,17H2,1-4H3. The molecule has 4 heteroatoms. The summed E-state index contributed by atoms with van der Waals surface area (Å²) in [6.45, 7) is 8.83. The Bertz CT molecular complexity index is 253. The maximum atomic E-state index is 6.22. The summed E-state index contributed by atoms with van der Waals surface area (Å²) in [6, 6.07) is 0. The van der Waals surface area contributed by atoms with E-state index in [-0.39, 0.29) is 5.54 Å². The Labute approximate surface area is 125 Å². The van der Waals surface area contributed by atoms with Gasteiger partial charge in [-0.2, -0.15) is 0 Å². The molecule has 0 aromatic rings. The number of nitrogens with zero attached hydrogens (tertiary/aromatic N) is 1. The van der Waals surface area contributed by atoms with Crippen LogP contribution in [0.25, 0.3) is 0 Å². The number of hydrogen-bond acceptors (Lipinski definition) is 4. The zero-order valence-electron chi connectivity index (χ0n) is 13.9. The highest BCUT2D eigenvalue weighted by atomic mass is 16.5. The summed E-state index contributed by atoms with van der Waals surface area (Å²) in [5, 5.41) is 0. The van der Waals surface area contributed by atoms with Gasteiger partial charge in [0.2, 0.25) is 0 Å². The quantitative estimate of drug-likeness (QED) is 0.705. The first-order valence-electron chi connectivity index (χ1n) is 8.02. The highest BCUT2D eigenvalue weighted by Crippen LogP contribution is 2.39. The maximum Gasteiger partial charge on any atom is 0.0589 e. The van der Waals surface area contributed by atoms with Gasteiger partial charge in [0, 0.05) is 39.4 Å². The van der Waals surface area contributed by atoms with Crippen LogP contribution in [-0.2, 0) is 9.47 Å². The molecule has 0 heterocycles. The van der Waals surface area contributed by atoms with Crippen molar-refractivity contribution in [1.29, 1.82) is 0 Å². The molecule has 1 aliphatic rings. The molecule has 2 unspecified atom stereocenters. The minimum Gasteiger partial charge on any atom is -0.383 e. The highest BCUT2D eigenvalue weighted by Gasteiger charge is 2.40. The Morgan fingerprint density at radius 2 is 1.80 bits per heavy atom. The van der Waals surface area contributed by atoms with E-state index < -0.39 is 0 Å². The molecule has 0 radical (unpaired) electrons. The molecule has 1 fully saturated rings. The van der Waals surface area contributed by atoms with Crippen molar-refractivity contribution < 1.29 is 9.47 Å². The lowest BCUT2D eigenvalue weighted by atomic mass is 9.71. The molecule has 0 amide bonds. The molecule has 4 nitrogen and oxygen atoms in total. The lowest BCUT2D eigenvalue weighted by Crippen LogP contribution is -2.58. The molecular formula is C16H34N2O2. The van der Waals surface area contributed by atoms with Crippen molar-refractivity contribution >= 4 is 0 Å². The molecular weight excluding hydrogens is 252 g/mol. The van der Waals surface area contributed by atoms with Gasteiger partial charge in [-0.1, -0.05) is 26.7 Å². The second-order valence-electron chi connectivity index (χ2n) is 6.50. The Morgan fingerprint density at radius 3 is 2.25 bits per heavy atom. The predicted molar refractivity (Wildman–Crippen MR) is 83.9 cm³/mol. The molecule has 0 spiro atoms. The van der Waals surface area contributed by atoms with E-state index in [0.29, 0.717) is 0 Å². The van der Waals surface area contributed by atoms with E-state index in [2.05, 4.69) is 18.7 Å². The molecule has 1 saturated carbocycles. The normalized spacial score (nSPS) is 27.4. The SMILES string of the molecule is COCCN(CCOC)C1(CN)CCCC(C(C)C)C1. The van der Waals surface area contributed by atoms with Crippen molar-refractivity contribution in [2.24, 2.45) is 17.6 Å². The van der Waals surface area contributed by atoms with Crippen LogP contribution in [0.4, 0.5) is 0 Å². The van der Waals surface area contributed by atoms with E-state index in [1.807, 2.05) is 0 Å². The summed E-state index contributed by atoms with van der Waals surface area (Å²) in [7, 11) is 3.53. The van der Waals surface area contributed by atoms with Gasteiger partial charge < -0.3 is 15.2 Å². The number of methoxy groups -OCH3 is 2. The molecule has 2 N–H and O–H groups in total. The first-order valence-corrected chi connectivity index (χ1v) is 8.02. The van der Waals surface area contributed by atoms with Gasteiger partial charge in [-0.05, 0) is 24.7 Å². The topological polar surface area (TPSA) is 47.7 Å². The Kier molecular flexibility index (Phi) is 8.03. The van der Waals surface area contributed by atoms with Gasteiger partial charge in [-0.3, -0.25) is 4.90 Å². The molecule has 1 rings (SSSR count). The number of ether oxygens (including phenoxy) is 2. The van der Waals surface area contributed by atoms with Crippen LogP contribution >= 0.6 is 0 Å². The first kappa shape index (κ1) is 17.9. The fourth-order valence-electron chi connectivity index (χ4n) is 3.55. The second kappa shape index (κ2) is 8.98. The van der Waals surface area contributed by atoms with Crippen molar-refractivity contribution in [1.82, 2.24) is 4.90 Å². The van der Waals surface area contributed by atoms with Crippen LogP contribution in [0.3, 0.4) is 0 Å². The van der Waals surface area contributed by atoms with Crippen LogP contribution in [0.2, 0.25) is 0 Å². The van der Waals surface area contributed by atoms with Crippen molar-refractivity contribution in [3.05, 3.63) is 0 Å². The summed E-state index contributed by atoms with van der Waals surface area (Å²) in [5.74, 6) is 1.54. The lowest BCUT2D eigenvalue weighted by molar-refractivity contribution is -0.00458. The van der Waals surface area contributed by atoms with Gasteiger partial charge in [0.15, 0.2) is 0 Å². The van der Waals surface area contributed by atoms with Gasteiger partial charge in [0.05, 0.1) is 13.2 Å². The minimum absolute atomic E-state index is 0.143. The van der Waals surface area contributed by atoms with E-state index in [1.165, 1.54) is 25.7 Å². The fourth-order valence-corrected chi connectivity index (χ4v) is 3.55. The zero-order chi connectivity index (χ0) is 15.0. The van der Waals surface area contributed by atoms with E-state index in [4.69, 9.17) is 15.2 Å². The lowest BCUT2D eigenvalue weighted by Gasteiger charge is -2.49. The van der Waals surface area contributed by atoms with Gasteiger partial charge in [-0.25, -0.2) is 0 Å². The third-order valence-electron chi connectivity index (χ3n) is 4.98. The molecule has 0 bridgehead atoms. The Balaban J connectivity index is 2.78. The minimum atomic E-state index is 0.143. The van der Waals surface area contributed by atoms with Crippen molar-refractivity contribution in [2.45, 2.75) is 45.1 Å². The molecule has 0 aromatic heterocycles. The van der Waals surface area contributed by atoms with E-state index >= 15 is 0 Å². The van der Waals surface area contributed by atoms with Crippen LogP contribution in [0, 0.1) is 11.8 Å². The van der Waals surface area contributed by atoms with Crippen LogP contribution in [-0.4, -0.2) is 57.5 Å². The van der Waals surface area contributed by atoms with Crippen molar-refractivity contribution in [3.8, 4) is 0 Å². The summed E-state index contributed by atoms with van der Waals surface area (Å²) in [5.41, 5.74) is 6.36. The van der Waals surface area contributed by atoms with Gasteiger partial charge >= 0.3 is 0 Å². The van der Waals surface area contributed by atoms with Gasteiger partial charge in [0.25, 0.3) is 0 Å². The number of rotatable bonds is 9. The maximum absolute atomic E-state index is 6.22. The fraction of sp³-hybridized carbons (Fsp3) is 1.00. The highest BCUT2D eigenvalue weighted by molar-refractivity contribution is 4.97. The number of nitrogens with two attached hydrogens (primary N) is 1. The zero-order valence-corrected chi connectivity index (χ0v) is 13.9. The monoisotopic (exact) mass is 286 g/mol. The average Bonchev–Trinajstić information content (AvgIpc) is 2.47. The third-order valence-corrected chi connectivity index (χ3v) is 4.98. The molecule has 0 aliphatic heterocycles. The second-order valence-corrected chi connectivity index (χ2v) is 6.50. The third kappa shape index (κ3) is 4.69. The molecule has 120 valence electrons. The van der Waals surface area contributed by atoms with Crippen LogP contribution in [0.5, 0.6) is 0 Å². The summed E-state index contributed by atoms with van der Waals surface area (Å²) in [4.78, 5) is 2.52. The summed E-state index contributed by atoms with van der Waals surface area (Å²) in [6.07, 6.45) is 5.06. The smallest absolute Gasteiger partial charge is 0.0589 e. The van der Waals surface area contributed by atoms with E-state index in [9.17, 15) is 0 Å². The van der Waals surface area contributed by atoms with Crippen molar-refractivity contribution in [3.63, 3.8) is 0 Å². The van der Waals surface area contributed by atoms with Crippen LogP contribution < -0.4 is 5.73 Å². The Morgan fingerprint density at radius 1 is 1.20 bits per heavy atom. The molecule has 20 heavy (non-hydrogen) atoms. The predicted octanol–water partition coefficient (Wildman–Crippen LogP) is 2.12. The van der Waals surface area contributed by atoms with Gasteiger partial charge in [-0.15, -0.1) is 0 Å². The molecule has 0 saturated heterocycles. The molecule has 2 atom stereocenters. The average molecular weight is 286 g/mol. The summed E-state index contributed by atoms with van der Waals surface area (Å²) >= 11 is 0. The summed E-state index contributed by atoms with van der Waals surface area (Å²) < 4.78 is 10.6. The van der Waals surface area contributed by atoms with Crippen LogP contribution in [0.1, 0.15) is 39.5 Å². The number of hydrogen-bond donors (Lipinski definition) is 1. The molecule has 0 aromatic carbocycles. The van der Waals surface area contributed by atoms with E-state index in [1.54, 1.807) is 14.2 Å². The largest absolute Gasteiger partial charge is 0.383 e. The first-order chi connectivity index (χ1) is 9.59. The van der Waals surface area contributed by atoms with Crippen LogP contribution in [0.15, 0.2) is 0 Å². The molecule has 1 aliphatic carbocycles. The Hall–Kier alpha value is -0.160. The van der Waals surface area contributed by atoms with E-state index in [0.717, 1.165) is 44.7 Å².